The molecule has 0 radical (unpaired) electrons. The summed E-state index contributed by atoms with van der Waals surface area (Å²) >= 11 is 2.06. The van der Waals surface area contributed by atoms with Gasteiger partial charge in [-0.3, -0.25) is 4.79 Å². The molecule has 0 saturated carbocycles. The molecule has 0 fully saturated rings. The molecule has 0 saturated heterocycles. The number of unbranched alkanes of at least 4 members (excludes halogenated alkanes) is 1. The highest BCUT2D eigenvalue weighted by molar-refractivity contribution is 14.1. The van der Waals surface area contributed by atoms with E-state index in [0.29, 0.717) is 36.6 Å². The fraction of sp³-hybridized carbons (Fsp3) is 0.176. The van der Waals surface area contributed by atoms with Crippen LogP contribution in [0.2, 0.25) is 0 Å². The van der Waals surface area contributed by atoms with E-state index in [1.807, 2.05) is 12.1 Å². The second-order valence-corrected chi connectivity index (χ2v) is 5.67. The molecule has 0 aliphatic heterocycles. The standard InChI is InChI=1S/C17H15IN2O3/c18-16-8-6-14(23-16)7-9-17(21)20-13-4-3-5-15(12-13)22-11-2-1-10-19/h3-9,12H,1-2,11H2,(H,20,21). The van der Waals surface area contributed by atoms with Gasteiger partial charge in [0, 0.05) is 24.3 Å². The minimum Gasteiger partial charge on any atom is -0.493 e. The molecule has 1 amide bonds. The van der Waals surface area contributed by atoms with E-state index in [9.17, 15) is 4.79 Å². The van der Waals surface area contributed by atoms with E-state index in [1.165, 1.54) is 6.08 Å². The van der Waals surface area contributed by atoms with Gasteiger partial charge in [0.05, 0.1) is 12.7 Å². The van der Waals surface area contributed by atoms with Gasteiger partial charge in [-0.2, -0.15) is 5.26 Å². The van der Waals surface area contributed by atoms with E-state index in [0.717, 1.165) is 3.77 Å². The van der Waals surface area contributed by atoms with Crippen LogP contribution in [-0.2, 0) is 4.79 Å². The van der Waals surface area contributed by atoms with Crippen LogP contribution in [0.4, 0.5) is 5.69 Å². The maximum absolute atomic E-state index is 11.9. The fourth-order valence-corrected chi connectivity index (χ4v) is 2.20. The molecule has 0 spiro atoms. The van der Waals surface area contributed by atoms with Gasteiger partial charge in [-0.25, -0.2) is 0 Å². The topological polar surface area (TPSA) is 75.3 Å². The number of amides is 1. The summed E-state index contributed by atoms with van der Waals surface area (Å²) in [6, 6.07) is 12.8. The molecular formula is C17H15IN2O3. The summed E-state index contributed by atoms with van der Waals surface area (Å²) < 4.78 is 11.6. The Morgan fingerprint density at radius 2 is 2.26 bits per heavy atom. The first-order valence-electron chi connectivity index (χ1n) is 7.01. The van der Waals surface area contributed by atoms with Gasteiger partial charge in [-0.1, -0.05) is 6.07 Å². The number of nitrogens with zero attached hydrogens (tertiary/aromatic N) is 1. The maximum atomic E-state index is 11.9. The van der Waals surface area contributed by atoms with Gasteiger partial charge in [0.15, 0.2) is 3.77 Å². The molecule has 2 rings (SSSR count). The molecule has 1 aromatic carbocycles. The van der Waals surface area contributed by atoms with E-state index in [2.05, 4.69) is 34.0 Å². The Morgan fingerprint density at radius 1 is 1.39 bits per heavy atom. The zero-order chi connectivity index (χ0) is 16.5. The summed E-state index contributed by atoms with van der Waals surface area (Å²) in [5.41, 5.74) is 0.645. The van der Waals surface area contributed by atoms with Gasteiger partial charge in [0.2, 0.25) is 5.91 Å². The van der Waals surface area contributed by atoms with Crippen molar-refractivity contribution in [2.75, 3.05) is 11.9 Å². The van der Waals surface area contributed by atoms with E-state index in [1.54, 1.807) is 30.3 Å². The van der Waals surface area contributed by atoms with Crippen LogP contribution in [0, 0.1) is 15.1 Å². The number of hydrogen-bond donors (Lipinski definition) is 1. The van der Waals surface area contributed by atoms with Crippen molar-refractivity contribution in [3.63, 3.8) is 0 Å². The summed E-state index contributed by atoms with van der Waals surface area (Å²) in [5, 5.41) is 11.2. The van der Waals surface area contributed by atoms with Crippen LogP contribution < -0.4 is 10.1 Å². The van der Waals surface area contributed by atoms with Crippen molar-refractivity contribution in [3.05, 3.63) is 52.0 Å². The first-order valence-corrected chi connectivity index (χ1v) is 8.09. The second kappa shape index (κ2) is 9.00. The first-order chi connectivity index (χ1) is 11.2. The highest BCUT2D eigenvalue weighted by Gasteiger charge is 2.01. The molecule has 0 aliphatic carbocycles. The molecule has 1 aromatic heterocycles. The molecule has 0 unspecified atom stereocenters. The summed E-state index contributed by atoms with van der Waals surface area (Å²) in [5.74, 6) is 1.03. The van der Waals surface area contributed by atoms with Crippen molar-refractivity contribution in [1.29, 1.82) is 5.26 Å². The lowest BCUT2D eigenvalue weighted by atomic mass is 10.3. The predicted molar refractivity (Wildman–Crippen MR) is 95.9 cm³/mol. The van der Waals surface area contributed by atoms with Crippen LogP contribution in [0.25, 0.3) is 6.08 Å². The zero-order valence-electron chi connectivity index (χ0n) is 12.3. The largest absolute Gasteiger partial charge is 0.493 e. The summed E-state index contributed by atoms with van der Waals surface area (Å²) in [6.07, 6.45) is 4.17. The first kappa shape index (κ1) is 17.1. The van der Waals surface area contributed by atoms with Crippen LogP contribution in [0.3, 0.4) is 0 Å². The lowest BCUT2D eigenvalue weighted by Crippen LogP contribution is -2.07. The molecule has 1 heterocycles. The minimum absolute atomic E-state index is 0.252. The van der Waals surface area contributed by atoms with Crippen molar-refractivity contribution in [2.45, 2.75) is 12.8 Å². The van der Waals surface area contributed by atoms with Crippen molar-refractivity contribution < 1.29 is 13.9 Å². The highest BCUT2D eigenvalue weighted by Crippen LogP contribution is 2.18. The molecule has 1 N–H and O–H groups in total. The van der Waals surface area contributed by atoms with Gasteiger partial charge < -0.3 is 14.5 Å². The molecule has 0 bridgehead atoms. The Hall–Kier alpha value is -2.27. The summed E-state index contributed by atoms with van der Waals surface area (Å²) in [4.78, 5) is 11.9. The number of benzene rings is 1. The number of rotatable bonds is 7. The Balaban J connectivity index is 1.88. The minimum atomic E-state index is -0.252. The smallest absolute Gasteiger partial charge is 0.248 e. The number of anilines is 1. The highest BCUT2D eigenvalue weighted by atomic mass is 127. The quantitative estimate of drug-likeness (QED) is 0.412. The van der Waals surface area contributed by atoms with Gasteiger partial charge in [-0.05, 0) is 59.4 Å². The lowest BCUT2D eigenvalue weighted by molar-refractivity contribution is -0.111. The second-order valence-electron chi connectivity index (χ2n) is 4.60. The molecule has 23 heavy (non-hydrogen) atoms. The third-order valence-corrected chi connectivity index (χ3v) is 3.38. The predicted octanol–water partition coefficient (Wildman–Crippen LogP) is 4.22. The average Bonchev–Trinajstić information content (AvgIpc) is 2.96. The SMILES string of the molecule is N#CCCCOc1cccc(NC(=O)C=Cc2ccc(I)o2)c1. The Bertz CT molecular complexity index is 731. The van der Waals surface area contributed by atoms with Crippen LogP contribution in [0.1, 0.15) is 18.6 Å². The molecule has 6 heteroatoms. The van der Waals surface area contributed by atoms with Crippen molar-refractivity contribution in [2.24, 2.45) is 0 Å². The Labute approximate surface area is 148 Å². The van der Waals surface area contributed by atoms with Crippen LogP contribution in [-0.4, -0.2) is 12.5 Å². The average molecular weight is 422 g/mol. The normalized spacial score (nSPS) is 10.4. The number of halogens is 1. The number of nitriles is 1. The van der Waals surface area contributed by atoms with Gasteiger partial charge in [0.1, 0.15) is 11.5 Å². The van der Waals surface area contributed by atoms with E-state index < -0.39 is 0 Å². The van der Waals surface area contributed by atoms with Crippen molar-refractivity contribution >= 4 is 40.3 Å². The molecule has 5 nitrogen and oxygen atoms in total. The Kier molecular flexibility index (Phi) is 6.69. The number of ether oxygens (including phenoxy) is 1. The monoisotopic (exact) mass is 422 g/mol. The van der Waals surface area contributed by atoms with Crippen LogP contribution in [0.5, 0.6) is 5.75 Å². The van der Waals surface area contributed by atoms with E-state index >= 15 is 0 Å². The number of nitrogens with one attached hydrogen (secondary N) is 1. The van der Waals surface area contributed by atoms with Gasteiger partial charge in [-0.15, -0.1) is 0 Å². The molecule has 0 atom stereocenters. The van der Waals surface area contributed by atoms with E-state index in [-0.39, 0.29) is 5.91 Å². The third kappa shape index (κ3) is 6.16. The molecular weight excluding hydrogens is 407 g/mol. The number of carbonyl (C=O) groups is 1. The molecule has 2 aromatic rings. The zero-order valence-corrected chi connectivity index (χ0v) is 14.4. The lowest BCUT2D eigenvalue weighted by Gasteiger charge is -2.07. The van der Waals surface area contributed by atoms with Gasteiger partial charge >= 0.3 is 0 Å². The number of hydrogen-bond acceptors (Lipinski definition) is 4. The van der Waals surface area contributed by atoms with Crippen molar-refractivity contribution in [1.82, 2.24) is 0 Å². The van der Waals surface area contributed by atoms with Crippen LogP contribution >= 0.6 is 22.6 Å². The van der Waals surface area contributed by atoms with Crippen molar-refractivity contribution in [3.8, 4) is 11.8 Å². The maximum Gasteiger partial charge on any atom is 0.248 e. The van der Waals surface area contributed by atoms with E-state index in [4.69, 9.17) is 14.4 Å². The van der Waals surface area contributed by atoms with Gasteiger partial charge in [0.25, 0.3) is 0 Å². The fourth-order valence-electron chi connectivity index (χ4n) is 1.76. The third-order valence-electron chi connectivity index (χ3n) is 2.80. The van der Waals surface area contributed by atoms with Crippen LogP contribution in [0.15, 0.2) is 46.9 Å². The molecule has 0 aliphatic rings. The summed E-state index contributed by atoms with van der Waals surface area (Å²) in [6.45, 7) is 0.474. The number of carbonyl (C=O) groups excluding carboxylic acids is 1. The summed E-state index contributed by atoms with van der Waals surface area (Å²) in [7, 11) is 0. The molecule has 118 valence electrons. The number of furan rings is 1. The Morgan fingerprint density at radius 3 is 3.00 bits per heavy atom.